The Balaban J connectivity index is 2.08. The maximum Gasteiger partial charge on any atom is 0.0622 e. The first kappa shape index (κ1) is 12.7. The van der Waals surface area contributed by atoms with E-state index in [0.29, 0.717) is 6.10 Å². The maximum absolute atomic E-state index is 10.0. The fraction of sp³-hybridized carbons (Fsp3) is 0.846. The molecular formula is C13H24O2. The Hall–Kier alpha value is -0.340. The van der Waals surface area contributed by atoms with Crippen LogP contribution in [0.5, 0.6) is 0 Å². The Bertz CT molecular complexity index is 181. The predicted octanol–water partition coefficient (Wildman–Crippen LogP) is 3.05. The highest BCUT2D eigenvalue weighted by molar-refractivity contribution is 4.78. The van der Waals surface area contributed by atoms with Crippen LogP contribution in [-0.4, -0.2) is 23.4 Å². The fourth-order valence-corrected chi connectivity index (χ4v) is 2.12. The van der Waals surface area contributed by atoms with Crippen LogP contribution >= 0.6 is 0 Å². The van der Waals surface area contributed by atoms with Gasteiger partial charge in [-0.25, -0.2) is 0 Å². The third kappa shape index (κ3) is 5.33. The summed E-state index contributed by atoms with van der Waals surface area (Å²) in [5.41, 5.74) is -0.521. The minimum atomic E-state index is -0.521. The summed E-state index contributed by atoms with van der Waals surface area (Å²) in [5, 5.41) is 10.0. The second-order valence-corrected chi connectivity index (χ2v) is 4.85. The summed E-state index contributed by atoms with van der Waals surface area (Å²) in [4.78, 5) is 0. The standard InChI is InChI=1S/C13H24O2/c1-3-4-9-13(2,14)10-5-7-12-8-6-11-15-12/h3,12,14H,1,4-11H2,2H3. The molecule has 2 atom stereocenters. The van der Waals surface area contributed by atoms with Crippen molar-refractivity contribution < 1.29 is 9.84 Å². The molecule has 0 aliphatic carbocycles. The van der Waals surface area contributed by atoms with E-state index >= 15 is 0 Å². The molecular weight excluding hydrogens is 188 g/mol. The van der Waals surface area contributed by atoms with Gasteiger partial charge in [0.05, 0.1) is 11.7 Å². The highest BCUT2D eigenvalue weighted by Gasteiger charge is 2.21. The van der Waals surface area contributed by atoms with Gasteiger partial charge >= 0.3 is 0 Å². The van der Waals surface area contributed by atoms with Crippen LogP contribution in [0.1, 0.15) is 51.9 Å². The second-order valence-electron chi connectivity index (χ2n) is 4.85. The second kappa shape index (κ2) is 6.29. The molecule has 15 heavy (non-hydrogen) atoms. The van der Waals surface area contributed by atoms with Gasteiger partial charge in [-0.3, -0.25) is 0 Å². The number of ether oxygens (including phenoxy) is 1. The molecule has 1 saturated heterocycles. The molecule has 1 heterocycles. The third-order valence-electron chi connectivity index (χ3n) is 3.15. The lowest BCUT2D eigenvalue weighted by Crippen LogP contribution is -2.24. The van der Waals surface area contributed by atoms with Gasteiger partial charge in [0, 0.05) is 6.61 Å². The van der Waals surface area contributed by atoms with Crippen molar-refractivity contribution in [2.24, 2.45) is 0 Å². The highest BCUT2D eigenvalue weighted by Crippen LogP contribution is 2.23. The molecule has 0 radical (unpaired) electrons. The summed E-state index contributed by atoms with van der Waals surface area (Å²) in [5.74, 6) is 0. The molecule has 0 aromatic heterocycles. The van der Waals surface area contributed by atoms with Crippen molar-refractivity contribution in [3.63, 3.8) is 0 Å². The molecule has 88 valence electrons. The van der Waals surface area contributed by atoms with Gasteiger partial charge in [0.15, 0.2) is 0 Å². The Morgan fingerprint density at radius 1 is 1.53 bits per heavy atom. The van der Waals surface area contributed by atoms with Gasteiger partial charge in [-0.15, -0.1) is 6.58 Å². The maximum atomic E-state index is 10.0. The summed E-state index contributed by atoms with van der Waals surface area (Å²) in [6.07, 6.45) is 9.50. The summed E-state index contributed by atoms with van der Waals surface area (Å²) in [7, 11) is 0. The molecule has 0 spiro atoms. The zero-order chi connectivity index (χ0) is 11.1. The first-order valence-corrected chi connectivity index (χ1v) is 6.09. The molecule has 1 N–H and O–H groups in total. The Morgan fingerprint density at radius 3 is 2.93 bits per heavy atom. The van der Waals surface area contributed by atoms with Crippen molar-refractivity contribution in [2.75, 3.05) is 6.61 Å². The topological polar surface area (TPSA) is 29.5 Å². The average Bonchev–Trinajstić information content (AvgIpc) is 2.67. The van der Waals surface area contributed by atoms with Gasteiger partial charge in [0.25, 0.3) is 0 Å². The van der Waals surface area contributed by atoms with Crippen LogP contribution < -0.4 is 0 Å². The number of hydrogen-bond donors (Lipinski definition) is 1. The van der Waals surface area contributed by atoms with E-state index in [0.717, 1.165) is 38.7 Å². The van der Waals surface area contributed by atoms with Crippen LogP contribution in [-0.2, 0) is 4.74 Å². The minimum absolute atomic E-state index is 0.459. The van der Waals surface area contributed by atoms with Crippen LogP contribution in [0.4, 0.5) is 0 Å². The molecule has 0 aromatic carbocycles. The molecule has 1 fully saturated rings. The lowest BCUT2D eigenvalue weighted by Gasteiger charge is -2.23. The van der Waals surface area contributed by atoms with Crippen LogP contribution in [0.15, 0.2) is 12.7 Å². The third-order valence-corrected chi connectivity index (χ3v) is 3.15. The number of hydrogen-bond acceptors (Lipinski definition) is 2. The molecule has 1 aliphatic rings. The van der Waals surface area contributed by atoms with Gasteiger partial charge in [0.2, 0.25) is 0 Å². The molecule has 1 rings (SSSR count). The molecule has 2 unspecified atom stereocenters. The van der Waals surface area contributed by atoms with Crippen LogP contribution in [0.2, 0.25) is 0 Å². The van der Waals surface area contributed by atoms with Gasteiger partial charge in [-0.2, -0.15) is 0 Å². The summed E-state index contributed by atoms with van der Waals surface area (Å²) < 4.78 is 5.55. The predicted molar refractivity (Wildman–Crippen MR) is 62.9 cm³/mol. The fourth-order valence-electron chi connectivity index (χ4n) is 2.12. The van der Waals surface area contributed by atoms with Crippen molar-refractivity contribution in [1.82, 2.24) is 0 Å². The van der Waals surface area contributed by atoms with E-state index in [1.165, 1.54) is 12.8 Å². The van der Waals surface area contributed by atoms with Gasteiger partial charge in [0.1, 0.15) is 0 Å². The largest absolute Gasteiger partial charge is 0.390 e. The zero-order valence-corrected chi connectivity index (χ0v) is 9.87. The highest BCUT2D eigenvalue weighted by atomic mass is 16.5. The van der Waals surface area contributed by atoms with Crippen LogP contribution in [0.3, 0.4) is 0 Å². The normalized spacial score (nSPS) is 25.1. The Labute approximate surface area is 93.3 Å². The van der Waals surface area contributed by atoms with Crippen molar-refractivity contribution >= 4 is 0 Å². The molecule has 2 nitrogen and oxygen atoms in total. The van der Waals surface area contributed by atoms with Gasteiger partial charge in [-0.1, -0.05) is 6.08 Å². The van der Waals surface area contributed by atoms with Gasteiger partial charge in [-0.05, 0) is 51.9 Å². The monoisotopic (exact) mass is 212 g/mol. The number of aliphatic hydroxyl groups is 1. The zero-order valence-electron chi connectivity index (χ0n) is 9.87. The lowest BCUT2D eigenvalue weighted by atomic mass is 9.92. The van der Waals surface area contributed by atoms with Crippen LogP contribution in [0.25, 0.3) is 0 Å². The van der Waals surface area contributed by atoms with Crippen molar-refractivity contribution in [3.8, 4) is 0 Å². The first-order valence-electron chi connectivity index (χ1n) is 6.09. The molecule has 0 aromatic rings. The Kier molecular flexibility index (Phi) is 5.34. The first-order chi connectivity index (χ1) is 7.14. The molecule has 2 heteroatoms. The van der Waals surface area contributed by atoms with E-state index in [9.17, 15) is 5.11 Å². The van der Waals surface area contributed by atoms with E-state index in [4.69, 9.17) is 4.74 Å². The average molecular weight is 212 g/mol. The van der Waals surface area contributed by atoms with E-state index < -0.39 is 5.60 Å². The summed E-state index contributed by atoms with van der Waals surface area (Å²) in [6, 6.07) is 0. The minimum Gasteiger partial charge on any atom is -0.390 e. The van der Waals surface area contributed by atoms with Crippen LogP contribution in [0, 0.1) is 0 Å². The van der Waals surface area contributed by atoms with Crippen molar-refractivity contribution in [2.45, 2.75) is 63.6 Å². The molecule has 0 bridgehead atoms. The smallest absolute Gasteiger partial charge is 0.0622 e. The summed E-state index contributed by atoms with van der Waals surface area (Å²) >= 11 is 0. The molecule has 0 saturated carbocycles. The van der Waals surface area contributed by atoms with Crippen molar-refractivity contribution in [3.05, 3.63) is 12.7 Å². The summed E-state index contributed by atoms with van der Waals surface area (Å²) in [6.45, 7) is 6.53. The van der Waals surface area contributed by atoms with Crippen molar-refractivity contribution in [1.29, 1.82) is 0 Å². The molecule has 1 aliphatic heterocycles. The van der Waals surface area contributed by atoms with E-state index in [1.54, 1.807) is 0 Å². The Morgan fingerprint density at radius 2 is 2.33 bits per heavy atom. The number of allylic oxidation sites excluding steroid dienone is 1. The van der Waals surface area contributed by atoms with E-state index in [-0.39, 0.29) is 0 Å². The van der Waals surface area contributed by atoms with Gasteiger partial charge < -0.3 is 9.84 Å². The number of rotatable bonds is 7. The SMILES string of the molecule is C=CCCC(C)(O)CCCC1CCCO1. The van der Waals surface area contributed by atoms with E-state index in [2.05, 4.69) is 6.58 Å². The quantitative estimate of drug-likeness (QED) is 0.657. The molecule has 0 amide bonds. The van der Waals surface area contributed by atoms with E-state index in [1.807, 2.05) is 13.0 Å². The lowest BCUT2D eigenvalue weighted by molar-refractivity contribution is 0.0335.